The second-order valence-electron chi connectivity index (χ2n) is 4.51. The Kier molecular flexibility index (Phi) is 8.16. The number of carbonyl (C=O) groups is 2. The third-order valence-corrected chi connectivity index (χ3v) is 2.99. The Hall–Kier alpha value is -2.90. The largest absolute Gasteiger partial charge is 0.497 e. The number of carbonyl (C=O) groups excluding carboxylic acids is 2. The topological polar surface area (TPSA) is 128 Å². The predicted octanol–water partition coefficient (Wildman–Crippen LogP) is 1.76. The Morgan fingerprint density at radius 1 is 1.29 bits per heavy atom. The first kappa shape index (κ1) is 21.1. The average Bonchev–Trinajstić information content (AvgIpc) is 2.51. The molecule has 132 valence electrons. The zero-order chi connectivity index (χ0) is 17.6. The zero-order valence-electron chi connectivity index (χ0n) is 12.8. The smallest absolute Gasteiger partial charge is 0.344 e. The molecule has 0 radical (unpaired) electrons. The van der Waals surface area contributed by atoms with Gasteiger partial charge in [-0.1, -0.05) is 14.4 Å². The molecule has 0 heterocycles. The van der Waals surface area contributed by atoms with Gasteiger partial charge in [-0.2, -0.15) is 0 Å². The van der Waals surface area contributed by atoms with Crippen molar-refractivity contribution in [3.8, 4) is 5.75 Å². The first-order chi connectivity index (χ1) is 10.8. The van der Waals surface area contributed by atoms with Crippen molar-refractivity contribution in [2.24, 2.45) is 11.5 Å². The molecular formula is C16H22FN3O4. The predicted molar refractivity (Wildman–Crippen MR) is 88.4 cm³/mol. The summed E-state index contributed by atoms with van der Waals surface area (Å²) < 4.78 is 23.4. The van der Waals surface area contributed by atoms with Crippen LogP contribution >= 0.6 is 0 Å². The van der Waals surface area contributed by atoms with E-state index in [0.29, 0.717) is 0 Å². The van der Waals surface area contributed by atoms with Crippen molar-refractivity contribution in [2.75, 3.05) is 13.7 Å². The summed E-state index contributed by atoms with van der Waals surface area (Å²) in [5.74, 6) is -2.83. The SMILES string of the molecule is C.CCC(N)=C(C(=N)N)C(=O)OCC(=O)c1ccc(OC)cc1F. The Labute approximate surface area is 139 Å². The van der Waals surface area contributed by atoms with E-state index in [0.717, 1.165) is 6.07 Å². The lowest BCUT2D eigenvalue weighted by Gasteiger charge is -2.10. The molecule has 1 aromatic carbocycles. The molecule has 0 atom stereocenters. The molecule has 0 aliphatic carbocycles. The Balaban J connectivity index is 0.00000529. The van der Waals surface area contributed by atoms with Crippen molar-refractivity contribution in [1.82, 2.24) is 0 Å². The highest BCUT2D eigenvalue weighted by Gasteiger charge is 2.20. The first-order valence-corrected chi connectivity index (χ1v) is 6.68. The monoisotopic (exact) mass is 339 g/mol. The molecule has 24 heavy (non-hydrogen) atoms. The van der Waals surface area contributed by atoms with Crippen LogP contribution in [0, 0.1) is 11.2 Å². The lowest BCUT2D eigenvalue weighted by Crippen LogP contribution is -2.27. The number of halogens is 1. The number of hydrogen-bond acceptors (Lipinski definition) is 6. The van der Waals surface area contributed by atoms with Crippen LogP contribution in [0.25, 0.3) is 0 Å². The summed E-state index contributed by atoms with van der Waals surface area (Å²) in [4.78, 5) is 23.8. The van der Waals surface area contributed by atoms with Crippen molar-refractivity contribution in [1.29, 1.82) is 5.41 Å². The number of ether oxygens (including phenoxy) is 2. The van der Waals surface area contributed by atoms with Gasteiger partial charge in [0.15, 0.2) is 6.61 Å². The van der Waals surface area contributed by atoms with Crippen molar-refractivity contribution >= 4 is 17.6 Å². The number of rotatable bonds is 7. The van der Waals surface area contributed by atoms with E-state index >= 15 is 0 Å². The number of esters is 1. The molecule has 1 aromatic rings. The lowest BCUT2D eigenvalue weighted by molar-refractivity contribution is -0.137. The number of methoxy groups -OCH3 is 1. The van der Waals surface area contributed by atoms with E-state index in [1.165, 1.54) is 19.2 Å². The maximum atomic E-state index is 13.8. The number of nitrogens with two attached hydrogens (primary N) is 2. The summed E-state index contributed by atoms with van der Waals surface area (Å²) in [5.41, 5.74) is 10.4. The van der Waals surface area contributed by atoms with E-state index in [2.05, 4.69) is 0 Å². The van der Waals surface area contributed by atoms with Gasteiger partial charge in [0.1, 0.15) is 23.0 Å². The molecule has 0 fully saturated rings. The minimum atomic E-state index is -1.00. The van der Waals surface area contributed by atoms with Crippen LogP contribution in [0.3, 0.4) is 0 Å². The maximum Gasteiger partial charge on any atom is 0.344 e. The van der Waals surface area contributed by atoms with E-state index in [4.69, 9.17) is 26.4 Å². The second-order valence-corrected chi connectivity index (χ2v) is 4.51. The van der Waals surface area contributed by atoms with Crippen molar-refractivity contribution in [3.05, 3.63) is 40.8 Å². The van der Waals surface area contributed by atoms with Crippen LogP contribution in [-0.4, -0.2) is 31.3 Å². The van der Waals surface area contributed by atoms with Crippen LogP contribution in [0.4, 0.5) is 4.39 Å². The first-order valence-electron chi connectivity index (χ1n) is 6.68. The highest BCUT2D eigenvalue weighted by molar-refractivity contribution is 6.17. The number of benzene rings is 1. The third kappa shape index (κ3) is 5.08. The Morgan fingerprint density at radius 3 is 2.38 bits per heavy atom. The van der Waals surface area contributed by atoms with Gasteiger partial charge >= 0.3 is 5.97 Å². The van der Waals surface area contributed by atoms with Gasteiger partial charge in [0.2, 0.25) is 5.78 Å². The number of hydrogen-bond donors (Lipinski definition) is 3. The van der Waals surface area contributed by atoms with Gasteiger partial charge in [-0.05, 0) is 18.6 Å². The second kappa shape index (κ2) is 9.29. The van der Waals surface area contributed by atoms with Gasteiger partial charge in [-0.25, -0.2) is 9.18 Å². The van der Waals surface area contributed by atoms with E-state index in [1.807, 2.05) is 0 Å². The molecule has 0 saturated heterocycles. The molecular weight excluding hydrogens is 317 g/mol. The molecule has 0 saturated carbocycles. The molecule has 1 rings (SSSR count). The summed E-state index contributed by atoms with van der Waals surface area (Å²) in [5, 5.41) is 7.32. The summed E-state index contributed by atoms with van der Waals surface area (Å²) in [7, 11) is 1.37. The van der Waals surface area contributed by atoms with Crippen LogP contribution < -0.4 is 16.2 Å². The number of Topliss-reactive ketones (excluding diaryl/α,β-unsaturated/α-hetero) is 1. The molecule has 8 heteroatoms. The van der Waals surface area contributed by atoms with E-state index in [-0.39, 0.29) is 36.4 Å². The summed E-state index contributed by atoms with van der Waals surface area (Å²) >= 11 is 0. The molecule has 5 N–H and O–H groups in total. The molecule has 0 aromatic heterocycles. The van der Waals surface area contributed by atoms with E-state index in [1.54, 1.807) is 6.92 Å². The van der Waals surface area contributed by atoms with Gasteiger partial charge < -0.3 is 20.9 Å². The Morgan fingerprint density at radius 2 is 1.92 bits per heavy atom. The molecule has 0 bridgehead atoms. The summed E-state index contributed by atoms with van der Waals surface area (Å²) in [6.07, 6.45) is 0.283. The van der Waals surface area contributed by atoms with E-state index < -0.39 is 30.0 Å². The highest BCUT2D eigenvalue weighted by atomic mass is 19.1. The number of nitrogens with one attached hydrogen (secondary N) is 1. The molecule has 0 amide bonds. The number of ketones is 1. The van der Waals surface area contributed by atoms with Crippen LogP contribution in [0.5, 0.6) is 5.75 Å². The fourth-order valence-electron chi connectivity index (χ4n) is 1.72. The Bertz CT molecular complexity index is 671. The summed E-state index contributed by atoms with van der Waals surface area (Å²) in [6, 6.07) is 3.69. The third-order valence-electron chi connectivity index (χ3n) is 2.99. The normalized spacial score (nSPS) is 11.0. The number of allylic oxidation sites excluding steroid dienone is 1. The molecule has 0 spiro atoms. The van der Waals surface area contributed by atoms with Crippen molar-refractivity contribution < 1.29 is 23.5 Å². The van der Waals surface area contributed by atoms with Gasteiger partial charge in [0.05, 0.1) is 12.7 Å². The van der Waals surface area contributed by atoms with Gasteiger partial charge in [0.25, 0.3) is 0 Å². The van der Waals surface area contributed by atoms with Gasteiger partial charge in [-0.3, -0.25) is 10.2 Å². The molecule has 0 unspecified atom stereocenters. The van der Waals surface area contributed by atoms with Gasteiger partial charge in [0, 0.05) is 11.8 Å². The van der Waals surface area contributed by atoms with Crippen LogP contribution in [-0.2, 0) is 9.53 Å². The van der Waals surface area contributed by atoms with Crippen LogP contribution in [0.1, 0.15) is 31.1 Å². The molecule has 0 aliphatic heterocycles. The minimum absolute atomic E-state index is 0. The van der Waals surface area contributed by atoms with Crippen LogP contribution in [0.2, 0.25) is 0 Å². The maximum absolute atomic E-state index is 13.8. The average molecular weight is 339 g/mol. The number of amidine groups is 1. The highest BCUT2D eigenvalue weighted by Crippen LogP contribution is 2.17. The zero-order valence-corrected chi connectivity index (χ0v) is 12.8. The van der Waals surface area contributed by atoms with Gasteiger partial charge in [-0.15, -0.1) is 0 Å². The molecule has 7 nitrogen and oxygen atoms in total. The molecule has 0 aliphatic rings. The summed E-state index contributed by atoms with van der Waals surface area (Å²) in [6.45, 7) is 0.972. The van der Waals surface area contributed by atoms with Crippen molar-refractivity contribution in [2.45, 2.75) is 20.8 Å². The fraction of sp³-hybridized carbons (Fsp3) is 0.312. The van der Waals surface area contributed by atoms with Crippen LogP contribution in [0.15, 0.2) is 29.5 Å². The fourth-order valence-corrected chi connectivity index (χ4v) is 1.72. The van der Waals surface area contributed by atoms with E-state index in [9.17, 15) is 14.0 Å². The lowest BCUT2D eigenvalue weighted by atomic mass is 10.1. The minimum Gasteiger partial charge on any atom is -0.497 e. The quantitative estimate of drug-likeness (QED) is 0.228. The van der Waals surface area contributed by atoms with Crippen molar-refractivity contribution in [3.63, 3.8) is 0 Å². The standard InChI is InChI=1S/C15H18FN3O4.CH4/c1-3-11(17)13(14(18)19)15(21)23-7-12(20)9-5-4-8(22-2)6-10(9)16;/h4-6H,3,7,17H2,1-2H3,(H3,18,19);1H4.